The molecule has 0 aromatic carbocycles. The quantitative estimate of drug-likeness (QED) is 0.780. The maximum Gasteiger partial charge on any atom is 0.349 e. The molecule has 2 aliphatic heterocycles. The maximum absolute atomic E-state index is 12.8. The van der Waals surface area contributed by atoms with Gasteiger partial charge >= 0.3 is 5.97 Å². The van der Waals surface area contributed by atoms with Crippen LogP contribution in [0.15, 0.2) is 16.3 Å². The van der Waals surface area contributed by atoms with Crippen molar-refractivity contribution in [2.75, 3.05) is 20.3 Å². The molecule has 2 atom stereocenters. The molecule has 0 spiro atoms. The van der Waals surface area contributed by atoms with Crippen molar-refractivity contribution in [2.45, 2.75) is 29.8 Å². The molecule has 0 saturated carbocycles. The van der Waals surface area contributed by atoms with E-state index in [0.717, 1.165) is 24.2 Å². The molecule has 2 unspecified atom stereocenters. The van der Waals surface area contributed by atoms with Gasteiger partial charge in [0.05, 0.1) is 20.3 Å². The van der Waals surface area contributed by atoms with Gasteiger partial charge in [-0.2, -0.15) is 4.31 Å². The van der Waals surface area contributed by atoms with Gasteiger partial charge in [-0.3, -0.25) is 0 Å². The van der Waals surface area contributed by atoms with E-state index in [1.165, 1.54) is 17.5 Å². The summed E-state index contributed by atoms with van der Waals surface area (Å²) in [6.45, 7) is 0.848. The van der Waals surface area contributed by atoms with Crippen LogP contribution in [0.2, 0.25) is 0 Å². The molecular formula is C12H15NO5S2. The lowest BCUT2D eigenvalue weighted by Gasteiger charge is -2.33. The summed E-state index contributed by atoms with van der Waals surface area (Å²) >= 11 is 1.08. The van der Waals surface area contributed by atoms with Gasteiger partial charge < -0.3 is 9.47 Å². The van der Waals surface area contributed by atoms with Gasteiger partial charge in [-0.1, -0.05) is 0 Å². The fraction of sp³-hybridized carbons (Fsp3) is 0.583. The Morgan fingerprint density at radius 2 is 2.05 bits per heavy atom. The molecule has 2 aliphatic rings. The maximum atomic E-state index is 12.8. The van der Waals surface area contributed by atoms with Crippen molar-refractivity contribution < 1.29 is 22.7 Å². The van der Waals surface area contributed by atoms with Crippen LogP contribution < -0.4 is 0 Å². The third-order valence-electron chi connectivity index (χ3n) is 3.73. The number of nitrogens with zero attached hydrogens (tertiary/aromatic N) is 1. The monoisotopic (exact) mass is 317 g/mol. The molecule has 1 aromatic heterocycles. The number of methoxy groups -OCH3 is 1. The first kappa shape index (κ1) is 14.0. The van der Waals surface area contributed by atoms with E-state index < -0.39 is 16.0 Å². The summed E-state index contributed by atoms with van der Waals surface area (Å²) < 4.78 is 37.2. The molecule has 2 saturated heterocycles. The molecule has 2 bridgehead atoms. The van der Waals surface area contributed by atoms with Gasteiger partial charge in [-0.15, -0.1) is 11.3 Å². The zero-order valence-electron chi connectivity index (χ0n) is 10.9. The highest BCUT2D eigenvalue weighted by atomic mass is 32.2. The Morgan fingerprint density at radius 1 is 1.40 bits per heavy atom. The van der Waals surface area contributed by atoms with Gasteiger partial charge in [0.25, 0.3) is 0 Å². The lowest BCUT2D eigenvalue weighted by atomic mass is 10.2. The molecule has 6 nitrogen and oxygen atoms in total. The first-order valence-electron chi connectivity index (χ1n) is 6.33. The van der Waals surface area contributed by atoms with E-state index in [-0.39, 0.29) is 21.9 Å². The highest BCUT2D eigenvalue weighted by Crippen LogP contribution is 2.36. The number of sulfonamides is 1. The first-order chi connectivity index (χ1) is 9.55. The number of thiophene rings is 1. The number of ether oxygens (including phenoxy) is 2. The average Bonchev–Trinajstić information content (AvgIpc) is 3.02. The van der Waals surface area contributed by atoms with Crippen LogP contribution in [-0.4, -0.2) is 51.1 Å². The largest absolute Gasteiger partial charge is 0.465 e. The van der Waals surface area contributed by atoms with Crippen molar-refractivity contribution in [1.82, 2.24) is 4.31 Å². The Kier molecular flexibility index (Phi) is 3.57. The zero-order valence-corrected chi connectivity index (χ0v) is 12.6. The van der Waals surface area contributed by atoms with Gasteiger partial charge in [0.15, 0.2) is 0 Å². The van der Waals surface area contributed by atoms with Crippen LogP contribution in [0.5, 0.6) is 0 Å². The molecule has 2 fully saturated rings. The standard InChI is InChI=1S/C12H15NO5S2/c1-17-12(14)11-10(4-5-19-11)20(15,16)13-8-2-3-9(13)7-18-6-8/h4-5,8-9H,2-3,6-7H2,1H3. The Labute approximate surface area is 121 Å². The summed E-state index contributed by atoms with van der Waals surface area (Å²) in [4.78, 5) is 11.9. The van der Waals surface area contributed by atoms with Crippen LogP contribution in [0, 0.1) is 0 Å². The Hall–Kier alpha value is -0.960. The fourth-order valence-electron chi connectivity index (χ4n) is 2.84. The number of carbonyl (C=O) groups excluding carboxylic acids is 1. The fourth-order valence-corrected chi connectivity index (χ4v) is 5.99. The minimum absolute atomic E-state index is 0.0492. The number of rotatable bonds is 3. The Bertz CT molecular complexity index is 608. The number of hydrogen-bond donors (Lipinski definition) is 0. The van der Waals surface area contributed by atoms with Crippen LogP contribution in [0.25, 0.3) is 0 Å². The van der Waals surface area contributed by atoms with Crippen LogP contribution in [0.4, 0.5) is 0 Å². The summed E-state index contributed by atoms with van der Waals surface area (Å²) in [5.74, 6) is -0.612. The van der Waals surface area contributed by atoms with E-state index in [0.29, 0.717) is 13.2 Å². The zero-order chi connectivity index (χ0) is 14.3. The smallest absolute Gasteiger partial charge is 0.349 e. The van der Waals surface area contributed by atoms with Crippen molar-refractivity contribution in [1.29, 1.82) is 0 Å². The number of esters is 1. The van der Waals surface area contributed by atoms with Crippen molar-refractivity contribution in [3.63, 3.8) is 0 Å². The minimum Gasteiger partial charge on any atom is -0.465 e. The SMILES string of the molecule is COC(=O)c1sccc1S(=O)(=O)N1C2CCC1COC2. The van der Waals surface area contributed by atoms with Crippen LogP contribution in [-0.2, 0) is 19.5 Å². The second-order valence-corrected chi connectivity index (χ2v) is 7.59. The summed E-state index contributed by atoms with van der Waals surface area (Å²) in [6.07, 6.45) is 1.61. The van der Waals surface area contributed by atoms with Crippen LogP contribution in [0.1, 0.15) is 22.5 Å². The summed E-state index contributed by atoms with van der Waals surface area (Å²) in [5.41, 5.74) is 0. The molecule has 3 heterocycles. The van der Waals surface area contributed by atoms with Crippen molar-refractivity contribution in [3.05, 3.63) is 16.3 Å². The van der Waals surface area contributed by atoms with E-state index in [4.69, 9.17) is 4.74 Å². The summed E-state index contributed by atoms with van der Waals surface area (Å²) in [6, 6.07) is 1.23. The Morgan fingerprint density at radius 3 is 2.65 bits per heavy atom. The lowest BCUT2D eigenvalue weighted by Crippen LogP contribution is -2.49. The van der Waals surface area contributed by atoms with Gasteiger partial charge in [0.1, 0.15) is 9.77 Å². The van der Waals surface area contributed by atoms with Crippen molar-refractivity contribution in [3.8, 4) is 0 Å². The van der Waals surface area contributed by atoms with E-state index in [1.807, 2.05) is 0 Å². The van der Waals surface area contributed by atoms with Crippen LogP contribution >= 0.6 is 11.3 Å². The molecule has 0 N–H and O–H groups in total. The normalized spacial score (nSPS) is 26.6. The first-order valence-corrected chi connectivity index (χ1v) is 8.64. The van der Waals surface area contributed by atoms with E-state index in [2.05, 4.69) is 4.74 Å². The highest BCUT2D eigenvalue weighted by molar-refractivity contribution is 7.89. The summed E-state index contributed by atoms with van der Waals surface area (Å²) in [5, 5.41) is 1.60. The van der Waals surface area contributed by atoms with Crippen molar-refractivity contribution >= 4 is 27.3 Å². The van der Waals surface area contributed by atoms with Crippen LogP contribution in [0.3, 0.4) is 0 Å². The molecule has 0 amide bonds. The predicted octanol–water partition coefficient (Wildman–Crippen LogP) is 1.09. The molecule has 0 radical (unpaired) electrons. The molecule has 3 rings (SSSR count). The van der Waals surface area contributed by atoms with E-state index in [1.54, 1.807) is 5.38 Å². The Balaban J connectivity index is 2.01. The summed E-state index contributed by atoms with van der Waals surface area (Å²) in [7, 11) is -2.43. The second kappa shape index (κ2) is 5.10. The number of carbonyl (C=O) groups is 1. The average molecular weight is 317 g/mol. The molecule has 0 aliphatic carbocycles. The van der Waals surface area contributed by atoms with E-state index in [9.17, 15) is 13.2 Å². The lowest BCUT2D eigenvalue weighted by molar-refractivity contribution is 0.0268. The van der Waals surface area contributed by atoms with Gasteiger partial charge in [0, 0.05) is 12.1 Å². The van der Waals surface area contributed by atoms with Crippen molar-refractivity contribution in [2.24, 2.45) is 0 Å². The van der Waals surface area contributed by atoms with E-state index >= 15 is 0 Å². The van der Waals surface area contributed by atoms with Gasteiger partial charge in [-0.05, 0) is 24.3 Å². The number of fused-ring (bicyclic) bond motifs is 2. The number of hydrogen-bond acceptors (Lipinski definition) is 6. The minimum atomic E-state index is -3.68. The number of morpholine rings is 1. The molecule has 8 heteroatoms. The highest BCUT2D eigenvalue weighted by Gasteiger charge is 2.46. The second-order valence-electron chi connectivity index (χ2n) is 4.86. The van der Waals surface area contributed by atoms with Gasteiger partial charge in [-0.25, -0.2) is 13.2 Å². The van der Waals surface area contributed by atoms with Gasteiger partial charge in [0.2, 0.25) is 10.0 Å². The third kappa shape index (κ3) is 2.07. The molecule has 1 aromatic rings. The topological polar surface area (TPSA) is 72.9 Å². The molecular weight excluding hydrogens is 302 g/mol. The molecule has 110 valence electrons. The molecule has 20 heavy (non-hydrogen) atoms. The third-order valence-corrected chi connectivity index (χ3v) is 6.80. The predicted molar refractivity (Wildman–Crippen MR) is 72.3 cm³/mol.